The van der Waals surface area contributed by atoms with Crippen LogP contribution in [0.15, 0.2) is 12.4 Å². The lowest BCUT2D eigenvalue weighted by Gasteiger charge is -2.46. The lowest BCUT2D eigenvalue weighted by atomic mass is 9.89. The van der Waals surface area contributed by atoms with Crippen LogP contribution >= 0.6 is 0 Å². The second-order valence-corrected chi connectivity index (χ2v) is 10.1. The third-order valence-corrected chi connectivity index (χ3v) is 8.09. The molecule has 0 unspecified atom stereocenters. The Bertz CT molecular complexity index is 825. The number of aromatic nitrogens is 2. The van der Waals surface area contributed by atoms with E-state index in [2.05, 4.69) is 4.98 Å². The predicted molar refractivity (Wildman–Crippen MR) is 106 cm³/mol. The molecule has 2 saturated heterocycles. The highest BCUT2D eigenvalue weighted by molar-refractivity contribution is 7.89. The molecule has 1 aromatic rings. The van der Waals surface area contributed by atoms with Crippen LogP contribution < -0.4 is 0 Å². The Morgan fingerprint density at radius 1 is 1.24 bits per heavy atom. The molecule has 4 heterocycles. The van der Waals surface area contributed by atoms with E-state index in [9.17, 15) is 13.2 Å². The first-order valence-corrected chi connectivity index (χ1v) is 12.1. The summed E-state index contributed by atoms with van der Waals surface area (Å²) in [5.74, 6) is 0.962. The molecule has 0 aliphatic carbocycles. The number of amides is 1. The number of fused-ring (bicyclic) bond motifs is 2. The summed E-state index contributed by atoms with van der Waals surface area (Å²) in [5, 5.41) is 0. The number of ether oxygens (including phenoxy) is 2. The van der Waals surface area contributed by atoms with Crippen molar-refractivity contribution in [2.75, 3.05) is 45.1 Å². The van der Waals surface area contributed by atoms with Gasteiger partial charge in [0.2, 0.25) is 10.0 Å². The van der Waals surface area contributed by atoms with Gasteiger partial charge in [-0.3, -0.25) is 4.79 Å². The van der Waals surface area contributed by atoms with E-state index >= 15 is 0 Å². The number of piperidine rings is 1. The van der Waals surface area contributed by atoms with Crippen LogP contribution in [0.5, 0.6) is 0 Å². The van der Waals surface area contributed by atoms with E-state index < -0.39 is 21.7 Å². The Balaban J connectivity index is 1.50. The molecule has 4 rings (SSSR count). The average Bonchev–Trinajstić information content (AvgIpc) is 3.22. The van der Waals surface area contributed by atoms with Crippen molar-refractivity contribution >= 4 is 15.9 Å². The van der Waals surface area contributed by atoms with Crippen LogP contribution in [0.1, 0.15) is 38.4 Å². The molecule has 0 radical (unpaired) electrons. The van der Waals surface area contributed by atoms with Crippen LogP contribution in [0.4, 0.5) is 0 Å². The molecular weight excluding hydrogens is 396 g/mol. The highest BCUT2D eigenvalue weighted by atomic mass is 32.2. The summed E-state index contributed by atoms with van der Waals surface area (Å²) >= 11 is 0. The first kappa shape index (κ1) is 20.8. The summed E-state index contributed by atoms with van der Waals surface area (Å²) in [5.41, 5.74) is -0.717. The zero-order valence-corrected chi connectivity index (χ0v) is 17.8. The predicted octanol–water partition coefficient (Wildman–Crippen LogP) is 0.562. The normalized spacial score (nSPS) is 25.1. The summed E-state index contributed by atoms with van der Waals surface area (Å²) in [4.78, 5) is 19.4. The number of hydrogen-bond donors (Lipinski definition) is 0. The highest BCUT2D eigenvalue weighted by Gasteiger charge is 2.49. The highest BCUT2D eigenvalue weighted by Crippen LogP contribution is 2.41. The van der Waals surface area contributed by atoms with Crippen molar-refractivity contribution in [1.82, 2.24) is 18.8 Å². The third-order valence-electron chi connectivity index (χ3n) is 6.13. The first-order chi connectivity index (χ1) is 14.0. The molecule has 3 aliphatic heterocycles. The van der Waals surface area contributed by atoms with Gasteiger partial charge in [0, 0.05) is 38.6 Å². The van der Waals surface area contributed by atoms with Crippen LogP contribution in [-0.2, 0) is 36.4 Å². The Hall–Kier alpha value is -1.49. The fourth-order valence-corrected chi connectivity index (χ4v) is 6.09. The van der Waals surface area contributed by atoms with Crippen LogP contribution in [-0.4, -0.2) is 84.3 Å². The van der Waals surface area contributed by atoms with Gasteiger partial charge in [-0.1, -0.05) is 13.3 Å². The van der Waals surface area contributed by atoms with Gasteiger partial charge in [-0.15, -0.1) is 0 Å². The number of imidazole rings is 1. The Labute approximate surface area is 172 Å². The molecule has 1 amide bonds. The largest absolute Gasteiger partial charge is 0.378 e. The molecule has 0 saturated carbocycles. The van der Waals surface area contributed by atoms with Crippen LogP contribution in [0, 0.1) is 0 Å². The van der Waals surface area contributed by atoms with Gasteiger partial charge in [0.15, 0.2) is 6.10 Å². The van der Waals surface area contributed by atoms with E-state index in [1.165, 1.54) is 0 Å². The van der Waals surface area contributed by atoms with Gasteiger partial charge in [-0.25, -0.2) is 17.7 Å². The molecular formula is C19H30N4O5S. The lowest BCUT2D eigenvalue weighted by molar-refractivity contribution is -0.181. The number of morpholine rings is 1. The Kier molecular flexibility index (Phi) is 5.97. The molecule has 1 spiro atoms. The van der Waals surface area contributed by atoms with Gasteiger partial charge in [0.25, 0.3) is 5.91 Å². The maximum absolute atomic E-state index is 13.1. The quantitative estimate of drug-likeness (QED) is 0.683. The van der Waals surface area contributed by atoms with Gasteiger partial charge in [-0.05, 0) is 19.3 Å². The maximum atomic E-state index is 13.1. The van der Waals surface area contributed by atoms with Gasteiger partial charge in [0.05, 0.1) is 25.5 Å². The Morgan fingerprint density at radius 2 is 1.97 bits per heavy atom. The minimum atomic E-state index is -3.25. The molecule has 10 heteroatoms. The average molecular weight is 427 g/mol. The van der Waals surface area contributed by atoms with E-state index in [4.69, 9.17) is 9.47 Å². The number of carbonyl (C=O) groups is 1. The fraction of sp³-hybridized carbons (Fsp3) is 0.789. The second-order valence-electron chi connectivity index (χ2n) is 8.01. The maximum Gasteiger partial charge on any atom is 0.253 e. The number of rotatable bonds is 5. The van der Waals surface area contributed by atoms with Crippen LogP contribution in [0.2, 0.25) is 0 Å². The van der Waals surface area contributed by atoms with Crippen molar-refractivity contribution in [3.8, 4) is 0 Å². The standard InChI is InChI=1S/C19H30N4O5S/c1-2-3-14-29(25,26)23-7-4-19(5-8-23)18-20-6-9-22(18)15-16(28-19)17(24)21-10-12-27-13-11-21/h6,9,16H,2-5,7-8,10-15H2,1H3/t16-/m0/s1. The fourth-order valence-electron chi connectivity index (χ4n) is 4.44. The zero-order valence-electron chi connectivity index (χ0n) is 17.0. The molecule has 1 atom stereocenters. The smallest absolute Gasteiger partial charge is 0.253 e. The van der Waals surface area contributed by atoms with Crippen LogP contribution in [0.25, 0.3) is 0 Å². The molecule has 0 bridgehead atoms. The van der Waals surface area contributed by atoms with Crippen molar-refractivity contribution in [3.05, 3.63) is 18.2 Å². The van der Waals surface area contributed by atoms with E-state index in [1.54, 1.807) is 15.4 Å². The van der Waals surface area contributed by atoms with Crippen molar-refractivity contribution < 1.29 is 22.7 Å². The van der Waals surface area contributed by atoms with E-state index in [0.717, 1.165) is 12.2 Å². The third kappa shape index (κ3) is 4.08. The first-order valence-electron chi connectivity index (χ1n) is 10.5. The summed E-state index contributed by atoms with van der Waals surface area (Å²) in [6.45, 7) is 5.44. The monoisotopic (exact) mass is 426 g/mol. The molecule has 162 valence electrons. The number of hydrogen-bond acceptors (Lipinski definition) is 6. The number of nitrogens with zero attached hydrogens (tertiary/aromatic N) is 4. The molecule has 1 aromatic heterocycles. The van der Waals surface area contributed by atoms with Gasteiger partial charge in [-0.2, -0.15) is 0 Å². The number of unbranched alkanes of at least 4 members (excludes halogenated alkanes) is 1. The van der Waals surface area contributed by atoms with E-state index in [1.807, 2.05) is 17.7 Å². The van der Waals surface area contributed by atoms with Crippen molar-refractivity contribution in [3.63, 3.8) is 0 Å². The minimum Gasteiger partial charge on any atom is -0.378 e. The van der Waals surface area contributed by atoms with Crippen molar-refractivity contribution in [2.24, 2.45) is 0 Å². The second kappa shape index (κ2) is 8.33. The summed E-state index contributed by atoms with van der Waals surface area (Å²) in [6.07, 6.45) is 5.54. The number of carbonyl (C=O) groups excluding carboxylic acids is 1. The molecule has 29 heavy (non-hydrogen) atoms. The Morgan fingerprint density at radius 3 is 2.66 bits per heavy atom. The zero-order chi connectivity index (χ0) is 20.5. The summed E-state index contributed by atoms with van der Waals surface area (Å²) in [6, 6.07) is 0. The van der Waals surface area contributed by atoms with Crippen LogP contribution in [0.3, 0.4) is 0 Å². The number of sulfonamides is 1. The van der Waals surface area contributed by atoms with Gasteiger partial charge >= 0.3 is 0 Å². The SMILES string of the molecule is CCCCS(=O)(=O)N1CCC2(CC1)O[C@H](C(=O)N1CCOCC1)Cn1ccnc12. The molecule has 0 aromatic carbocycles. The summed E-state index contributed by atoms with van der Waals surface area (Å²) in [7, 11) is -3.25. The van der Waals surface area contributed by atoms with Gasteiger partial charge in [0.1, 0.15) is 11.4 Å². The van der Waals surface area contributed by atoms with E-state index in [0.29, 0.717) is 65.2 Å². The van der Waals surface area contributed by atoms with E-state index in [-0.39, 0.29) is 11.7 Å². The molecule has 2 fully saturated rings. The van der Waals surface area contributed by atoms with Crippen molar-refractivity contribution in [1.29, 1.82) is 0 Å². The molecule has 9 nitrogen and oxygen atoms in total. The molecule has 3 aliphatic rings. The summed E-state index contributed by atoms with van der Waals surface area (Å²) < 4.78 is 40.5. The van der Waals surface area contributed by atoms with Crippen molar-refractivity contribution in [2.45, 2.75) is 50.9 Å². The molecule has 0 N–H and O–H groups in total. The van der Waals surface area contributed by atoms with Gasteiger partial charge < -0.3 is 18.9 Å². The topological polar surface area (TPSA) is 94.0 Å². The minimum absolute atomic E-state index is 0.0231. The lowest BCUT2D eigenvalue weighted by Crippen LogP contribution is -2.56.